The molecule has 2 atom stereocenters. The highest BCUT2D eigenvalue weighted by Gasteiger charge is 2.03. The van der Waals surface area contributed by atoms with Gasteiger partial charge in [-0.05, 0) is 18.3 Å². The maximum atomic E-state index is 3.50. The van der Waals surface area contributed by atoms with Crippen molar-refractivity contribution in [2.75, 3.05) is 5.33 Å². The van der Waals surface area contributed by atoms with E-state index in [0.29, 0.717) is 0 Å². The van der Waals surface area contributed by atoms with E-state index in [1.807, 2.05) is 0 Å². The maximum Gasteiger partial charge on any atom is 0.00338 e. The smallest absolute Gasteiger partial charge is 0.00338 e. The fourth-order valence-electron chi connectivity index (χ4n) is 1.95. The lowest BCUT2D eigenvalue weighted by Gasteiger charge is -2.11. The zero-order valence-corrected chi connectivity index (χ0v) is 11.8. The molecule has 0 N–H and O–H groups in total. The van der Waals surface area contributed by atoms with Crippen LogP contribution in [-0.4, -0.2) is 5.33 Å². The molecule has 0 rings (SSSR count). The molecule has 0 saturated carbocycles. The maximum absolute atomic E-state index is 3.50. The highest BCUT2D eigenvalue weighted by atomic mass is 79.9. The summed E-state index contributed by atoms with van der Waals surface area (Å²) in [5.41, 5.74) is 0. The number of alkyl halides is 1. The van der Waals surface area contributed by atoms with Crippen LogP contribution >= 0.6 is 15.9 Å². The van der Waals surface area contributed by atoms with E-state index < -0.39 is 0 Å². The van der Waals surface area contributed by atoms with E-state index in [1.165, 1.54) is 50.3 Å². The fraction of sp³-hybridized carbons (Fsp3) is 1.00. The summed E-state index contributed by atoms with van der Waals surface area (Å²) in [5.74, 6) is 1.86. The van der Waals surface area contributed by atoms with Gasteiger partial charge in [0.2, 0.25) is 0 Å². The van der Waals surface area contributed by atoms with Crippen molar-refractivity contribution in [3.8, 4) is 0 Å². The first kappa shape index (κ1) is 14.5. The van der Waals surface area contributed by atoms with E-state index >= 15 is 0 Å². The van der Waals surface area contributed by atoms with Crippen molar-refractivity contribution in [1.82, 2.24) is 0 Å². The van der Waals surface area contributed by atoms with Crippen molar-refractivity contribution >= 4 is 15.9 Å². The summed E-state index contributed by atoms with van der Waals surface area (Å²) in [6, 6.07) is 0. The topological polar surface area (TPSA) is 0 Å². The molecule has 0 fully saturated rings. The highest BCUT2D eigenvalue weighted by Crippen LogP contribution is 2.18. The van der Waals surface area contributed by atoms with Crippen LogP contribution in [0.5, 0.6) is 0 Å². The Hall–Kier alpha value is 0.480. The molecule has 0 aliphatic carbocycles. The van der Waals surface area contributed by atoms with Crippen molar-refractivity contribution in [3.05, 3.63) is 0 Å². The van der Waals surface area contributed by atoms with Gasteiger partial charge in [-0.3, -0.25) is 0 Å². The summed E-state index contributed by atoms with van der Waals surface area (Å²) in [5, 5.41) is 1.17. The van der Waals surface area contributed by atoms with Gasteiger partial charge >= 0.3 is 0 Å². The first-order chi connectivity index (χ1) is 6.70. The molecule has 0 bridgehead atoms. The van der Waals surface area contributed by atoms with Gasteiger partial charge < -0.3 is 0 Å². The molecule has 0 saturated heterocycles. The second kappa shape index (κ2) is 10.0. The van der Waals surface area contributed by atoms with Crippen LogP contribution in [0.15, 0.2) is 0 Å². The van der Waals surface area contributed by atoms with Crippen LogP contribution in [0.3, 0.4) is 0 Å². The Bertz CT molecular complexity index is 97.8. The molecule has 0 aliphatic heterocycles. The predicted molar refractivity (Wildman–Crippen MR) is 70.1 cm³/mol. The Balaban J connectivity index is 3.19. The molecule has 0 heterocycles. The van der Waals surface area contributed by atoms with Gasteiger partial charge in [0.25, 0.3) is 0 Å². The van der Waals surface area contributed by atoms with Crippen LogP contribution in [0.1, 0.15) is 65.7 Å². The molecule has 0 aromatic heterocycles. The molecule has 1 heteroatoms. The van der Waals surface area contributed by atoms with E-state index in [4.69, 9.17) is 0 Å². The fourth-order valence-corrected chi connectivity index (χ4v) is 2.73. The van der Waals surface area contributed by atoms with Gasteiger partial charge in [0.15, 0.2) is 0 Å². The molecule has 0 aliphatic rings. The zero-order chi connectivity index (χ0) is 10.8. The van der Waals surface area contributed by atoms with Crippen LogP contribution in [0.4, 0.5) is 0 Å². The average Bonchev–Trinajstić information content (AvgIpc) is 2.13. The Labute approximate surface area is 99.0 Å². The van der Waals surface area contributed by atoms with Gasteiger partial charge in [-0.1, -0.05) is 75.2 Å². The van der Waals surface area contributed by atoms with Crippen molar-refractivity contribution in [1.29, 1.82) is 0 Å². The first-order valence-corrected chi connectivity index (χ1v) is 7.38. The average molecular weight is 263 g/mol. The highest BCUT2D eigenvalue weighted by molar-refractivity contribution is 9.09. The lowest BCUT2D eigenvalue weighted by molar-refractivity contribution is 0.426. The molecule has 0 spiro atoms. The third kappa shape index (κ3) is 9.05. The Morgan fingerprint density at radius 3 is 1.79 bits per heavy atom. The van der Waals surface area contributed by atoms with Crippen molar-refractivity contribution in [2.45, 2.75) is 65.7 Å². The van der Waals surface area contributed by atoms with E-state index in [0.717, 1.165) is 11.8 Å². The lowest BCUT2D eigenvalue weighted by Crippen LogP contribution is -1.97. The summed E-state index contributed by atoms with van der Waals surface area (Å²) < 4.78 is 0. The quantitative estimate of drug-likeness (QED) is 0.385. The van der Waals surface area contributed by atoms with Gasteiger partial charge in [0, 0.05) is 5.33 Å². The zero-order valence-electron chi connectivity index (χ0n) is 10.2. The van der Waals surface area contributed by atoms with Gasteiger partial charge in [0.1, 0.15) is 0 Å². The van der Waals surface area contributed by atoms with E-state index in [-0.39, 0.29) is 0 Å². The lowest BCUT2D eigenvalue weighted by atomic mass is 9.95. The van der Waals surface area contributed by atoms with Crippen molar-refractivity contribution in [2.24, 2.45) is 11.8 Å². The molecular formula is C13H27Br. The van der Waals surface area contributed by atoms with E-state index in [9.17, 15) is 0 Å². The standard InChI is InChI=1S/C13H27Br/c1-4-7-12(2)8-5-6-9-13(3)10-11-14/h12-13H,4-11H2,1-3H3. The summed E-state index contributed by atoms with van der Waals surface area (Å²) in [6.07, 6.45) is 9.83. The molecule has 14 heavy (non-hydrogen) atoms. The molecule has 0 aromatic rings. The number of unbranched alkanes of at least 4 members (excludes halogenated alkanes) is 1. The van der Waals surface area contributed by atoms with Gasteiger partial charge in [-0.2, -0.15) is 0 Å². The van der Waals surface area contributed by atoms with Crippen LogP contribution in [0.25, 0.3) is 0 Å². The minimum Gasteiger partial charge on any atom is -0.0928 e. The third-order valence-electron chi connectivity index (χ3n) is 3.03. The summed E-state index contributed by atoms with van der Waals surface area (Å²) in [7, 11) is 0. The number of hydrogen-bond donors (Lipinski definition) is 0. The summed E-state index contributed by atoms with van der Waals surface area (Å²) in [4.78, 5) is 0. The molecule has 0 aromatic carbocycles. The van der Waals surface area contributed by atoms with E-state index in [1.54, 1.807) is 0 Å². The monoisotopic (exact) mass is 262 g/mol. The Kier molecular flexibility index (Phi) is 10.4. The van der Waals surface area contributed by atoms with Crippen LogP contribution in [-0.2, 0) is 0 Å². The third-order valence-corrected chi connectivity index (χ3v) is 3.49. The van der Waals surface area contributed by atoms with Crippen molar-refractivity contribution in [3.63, 3.8) is 0 Å². The SMILES string of the molecule is CCCC(C)CCCCC(C)CCBr. The summed E-state index contributed by atoms with van der Waals surface area (Å²) >= 11 is 3.50. The predicted octanol–water partition coefficient (Wildman–Crippen LogP) is 5.40. The molecule has 0 radical (unpaired) electrons. The van der Waals surface area contributed by atoms with Crippen molar-refractivity contribution < 1.29 is 0 Å². The molecule has 0 nitrogen and oxygen atoms in total. The minimum atomic E-state index is 0.913. The van der Waals surface area contributed by atoms with Crippen LogP contribution in [0.2, 0.25) is 0 Å². The van der Waals surface area contributed by atoms with Gasteiger partial charge in [-0.15, -0.1) is 0 Å². The molecular weight excluding hydrogens is 236 g/mol. The number of hydrogen-bond acceptors (Lipinski definition) is 0. The minimum absolute atomic E-state index is 0.913. The Morgan fingerprint density at radius 2 is 1.36 bits per heavy atom. The van der Waals surface area contributed by atoms with Crippen LogP contribution in [0, 0.1) is 11.8 Å². The largest absolute Gasteiger partial charge is 0.0928 e. The second-order valence-corrected chi connectivity index (χ2v) is 5.55. The second-order valence-electron chi connectivity index (χ2n) is 4.76. The summed E-state index contributed by atoms with van der Waals surface area (Å²) in [6.45, 7) is 7.05. The molecule has 2 unspecified atom stereocenters. The van der Waals surface area contributed by atoms with E-state index in [2.05, 4.69) is 36.7 Å². The first-order valence-electron chi connectivity index (χ1n) is 6.26. The number of rotatable bonds is 9. The van der Waals surface area contributed by atoms with Gasteiger partial charge in [-0.25, -0.2) is 0 Å². The molecule has 86 valence electrons. The normalized spacial score (nSPS) is 15.4. The Morgan fingerprint density at radius 1 is 0.857 bits per heavy atom. The van der Waals surface area contributed by atoms with Gasteiger partial charge in [0.05, 0.1) is 0 Å². The van der Waals surface area contributed by atoms with Crippen LogP contribution < -0.4 is 0 Å². The molecule has 0 amide bonds. The number of halogens is 1.